The number of nitrogens with two attached hydrogens (primary N) is 1. The molecule has 0 saturated heterocycles. The van der Waals surface area contributed by atoms with Crippen molar-refractivity contribution in [2.24, 2.45) is 5.73 Å². The third-order valence-corrected chi connectivity index (χ3v) is 2.29. The van der Waals surface area contributed by atoms with Crippen molar-refractivity contribution in [1.82, 2.24) is 0 Å². The van der Waals surface area contributed by atoms with E-state index in [-0.39, 0.29) is 16.6 Å². The first kappa shape index (κ1) is 12.6. The fourth-order valence-electron chi connectivity index (χ4n) is 1.04. The summed E-state index contributed by atoms with van der Waals surface area (Å²) in [5.74, 6) is -2.25. The molecule has 1 aromatic rings. The third-order valence-electron chi connectivity index (χ3n) is 1.85. The normalized spacial score (nSPS) is 11.4. The molecular formula is C10H10F2NO2P. The van der Waals surface area contributed by atoms with Crippen LogP contribution in [-0.2, 0) is 9.53 Å². The predicted molar refractivity (Wildman–Crippen MR) is 59.9 cm³/mol. The summed E-state index contributed by atoms with van der Waals surface area (Å²) in [5, 5.41) is 0.185. The Morgan fingerprint density at radius 2 is 2.06 bits per heavy atom. The van der Waals surface area contributed by atoms with Crippen molar-refractivity contribution in [3.8, 4) is 0 Å². The van der Waals surface area contributed by atoms with Gasteiger partial charge in [-0.3, -0.25) is 0 Å². The Morgan fingerprint density at radius 1 is 1.44 bits per heavy atom. The first-order chi connectivity index (χ1) is 7.45. The molecule has 3 nitrogen and oxygen atoms in total. The summed E-state index contributed by atoms with van der Waals surface area (Å²) in [7, 11) is 3.27. The fraction of sp³-hybridized carbons (Fsp3) is 0.100. The van der Waals surface area contributed by atoms with E-state index in [2.05, 4.69) is 14.0 Å². The fourth-order valence-corrected chi connectivity index (χ4v) is 1.30. The highest BCUT2D eigenvalue weighted by Crippen LogP contribution is 2.13. The zero-order valence-corrected chi connectivity index (χ0v) is 9.61. The van der Waals surface area contributed by atoms with Crippen molar-refractivity contribution in [3.05, 3.63) is 35.0 Å². The smallest absolute Gasteiger partial charge is 0.353 e. The molecule has 6 heteroatoms. The second-order valence-corrected chi connectivity index (χ2v) is 3.61. The Labute approximate surface area is 93.5 Å². The molecule has 2 N–H and O–H groups in total. The Balaban J connectivity index is 3.15. The second kappa shape index (κ2) is 5.03. The van der Waals surface area contributed by atoms with E-state index in [0.717, 1.165) is 19.3 Å². The number of esters is 1. The minimum absolute atomic E-state index is 0.0225. The highest BCUT2D eigenvalue weighted by molar-refractivity contribution is 7.27. The van der Waals surface area contributed by atoms with Crippen molar-refractivity contribution >= 4 is 26.6 Å². The quantitative estimate of drug-likeness (QED) is 0.479. The van der Waals surface area contributed by atoms with E-state index in [1.807, 2.05) is 0 Å². The van der Waals surface area contributed by atoms with Gasteiger partial charge >= 0.3 is 5.97 Å². The molecular weight excluding hydrogens is 235 g/mol. The van der Waals surface area contributed by atoms with E-state index >= 15 is 0 Å². The predicted octanol–water partition coefficient (Wildman–Crippen LogP) is 0.938. The molecule has 0 aromatic heterocycles. The van der Waals surface area contributed by atoms with Gasteiger partial charge in [-0.1, -0.05) is 0 Å². The average molecular weight is 245 g/mol. The molecule has 0 heterocycles. The summed E-state index contributed by atoms with van der Waals surface area (Å²) >= 11 is 0. The maximum Gasteiger partial charge on any atom is 0.353 e. The number of ether oxygens (including phenoxy) is 1. The number of carbonyl (C=O) groups excluding carboxylic acids is 1. The number of halogens is 2. The van der Waals surface area contributed by atoms with Gasteiger partial charge in [-0.15, -0.1) is 9.24 Å². The first-order valence-corrected chi connectivity index (χ1v) is 4.83. The van der Waals surface area contributed by atoms with Gasteiger partial charge in [0, 0.05) is 16.9 Å². The number of carbonyl (C=O) groups is 1. The molecule has 0 aliphatic heterocycles. The van der Waals surface area contributed by atoms with Gasteiger partial charge in [-0.05, 0) is 12.1 Å². The Kier molecular flexibility index (Phi) is 3.96. The van der Waals surface area contributed by atoms with Crippen LogP contribution in [0.5, 0.6) is 0 Å². The molecule has 1 aromatic carbocycles. The van der Waals surface area contributed by atoms with E-state index in [9.17, 15) is 13.6 Å². The summed E-state index contributed by atoms with van der Waals surface area (Å²) < 4.78 is 30.5. The number of methoxy groups -OCH3 is 1. The van der Waals surface area contributed by atoms with Crippen LogP contribution in [-0.4, -0.2) is 13.1 Å². The lowest BCUT2D eigenvalue weighted by atomic mass is 10.1. The van der Waals surface area contributed by atoms with E-state index in [4.69, 9.17) is 5.73 Å². The maximum atomic E-state index is 13.3. The lowest BCUT2D eigenvalue weighted by molar-refractivity contribution is -0.136. The second-order valence-electron chi connectivity index (χ2n) is 2.99. The SMILES string of the molecule is COC(=O)/C(N)=C/c1cc(P)c(F)cc1F. The minimum atomic E-state index is -0.796. The molecule has 1 atom stereocenters. The lowest BCUT2D eigenvalue weighted by Gasteiger charge is -2.03. The van der Waals surface area contributed by atoms with Gasteiger partial charge in [0.05, 0.1) is 7.11 Å². The highest BCUT2D eigenvalue weighted by atomic mass is 31.0. The van der Waals surface area contributed by atoms with Gasteiger partial charge in [0.1, 0.15) is 17.3 Å². The van der Waals surface area contributed by atoms with Crippen molar-refractivity contribution in [3.63, 3.8) is 0 Å². The molecule has 0 aliphatic rings. The largest absolute Gasteiger partial charge is 0.464 e. The molecule has 0 saturated carbocycles. The van der Waals surface area contributed by atoms with E-state index in [1.165, 1.54) is 6.07 Å². The molecule has 0 aliphatic carbocycles. The molecule has 0 amide bonds. The highest BCUT2D eigenvalue weighted by Gasteiger charge is 2.09. The maximum absolute atomic E-state index is 13.3. The lowest BCUT2D eigenvalue weighted by Crippen LogP contribution is -2.13. The minimum Gasteiger partial charge on any atom is -0.464 e. The zero-order chi connectivity index (χ0) is 12.3. The number of hydrogen-bond donors (Lipinski definition) is 1. The molecule has 0 bridgehead atoms. The number of rotatable bonds is 2. The van der Waals surface area contributed by atoms with Crippen LogP contribution in [0.25, 0.3) is 6.08 Å². The van der Waals surface area contributed by atoms with Gasteiger partial charge in [0.2, 0.25) is 0 Å². The molecule has 1 rings (SSSR count). The van der Waals surface area contributed by atoms with Gasteiger partial charge in [0.25, 0.3) is 0 Å². The number of hydrogen-bond acceptors (Lipinski definition) is 3. The zero-order valence-electron chi connectivity index (χ0n) is 8.46. The summed E-state index contributed by atoms with van der Waals surface area (Å²) in [6.45, 7) is 0. The molecule has 0 radical (unpaired) electrons. The van der Waals surface area contributed by atoms with E-state index in [1.54, 1.807) is 0 Å². The van der Waals surface area contributed by atoms with Crippen LogP contribution in [0.3, 0.4) is 0 Å². The Bertz CT molecular complexity index is 460. The molecule has 0 spiro atoms. The van der Waals surface area contributed by atoms with Crippen LogP contribution in [0, 0.1) is 11.6 Å². The van der Waals surface area contributed by atoms with Crippen LogP contribution in [0.2, 0.25) is 0 Å². The third kappa shape index (κ3) is 2.76. The molecule has 86 valence electrons. The van der Waals surface area contributed by atoms with Crippen molar-refractivity contribution in [2.75, 3.05) is 7.11 Å². The van der Waals surface area contributed by atoms with Crippen LogP contribution >= 0.6 is 9.24 Å². The Morgan fingerprint density at radius 3 is 2.62 bits per heavy atom. The van der Waals surface area contributed by atoms with Crippen LogP contribution in [0.1, 0.15) is 5.56 Å². The number of benzene rings is 1. The van der Waals surface area contributed by atoms with Crippen LogP contribution < -0.4 is 11.0 Å². The van der Waals surface area contributed by atoms with Crippen LogP contribution in [0.4, 0.5) is 8.78 Å². The van der Waals surface area contributed by atoms with E-state index < -0.39 is 17.6 Å². The van der Waals surface area contributed by atoms with Crippen molar-refractivity contribution < 1.29 is 18.3 Å². The van der Waals surface area contributed by atoms with Gasteiger partial charge in [0.15, 0.2) is 0 Å². The molecule has 0 fully saturated rings. The molecule has 16 heavy (non-hydrogen) atoms. The first-order valence-electron chi connectivity index (χ1n) is 4.25. The Hall–Kier alpha value is -1.48. The topological polar surface area (TPSA) is 52.3 Å². The summed E-state index contributed by atoms with van der Waals surface area (Å²) in [5.41, 5.74) is 5.11. The van der Waals surface area contributed by atoms with Crippen LogP contribution in [0.15, 0.2) is 17.8 Å². The summed E-state index contributed by atoms with van der Waals surface area (Å²) in [4.78, 5) is 11.0. The van der Waals surface area contributed by atoms with Gasteiger partial charge in [-0.2, -0.15) is 0 Å². The monoisotopic (exact) mass is 245 g/mol. The summed E-state index contributed by atoms with van der Waals surface area (Å²) in [6.07, 6.45) is 1.09. The van der Waals surface area contributed by atoms with Gasteiger partial charge < -0.3 is 10.5 Å². The average Bonchev–Trinajstić information content (AvgIpc) is 2.24. The summed E-state index contributed by atoms with van der Waals surface area (Å²) in [6, 6.07) is 1.95. The standard InChI is InChI=1S/C10H10F2NO2P/c1-15-10(14)8(13)2-5-3-9(16)7(12)4-6(5)11/h2-4H,13,16H2,1H3/b8-2-. The van der Waals surface area contributed by atoms with E-state index in [0.29, 0.717) is 0 Å². The van der Waals surface area contributed by atoms with Crippen molar-refractivity contribution in [2.45, 2.75) is 0 Å². The molecule has 1 unspecified atom stereocenters. The van der Waals surface area contributed by atoms with Crippen molar-refractivity contribution in [1.29, 1.82) is 0 Å². The van der Waals surface area contributed by atoms with Gasteiger partial charge in [-0.25, -0.2) is 13.6 Å².